The van der Waals surface area contributed by atoms with Gasteiger partial charge in [-0.15, -0.1) is 0 Å². The predicted molar refractivity (Wildman–Crippen MR) is 72.3 cm³/mol. The fourth-order valence-corrected chi connectivity index (χ4v) is 2.41. The maximum Gasteiger partial charge on any atom is 0.235 e. The summed E-state index contributed by atoms with van der Waals surface area (Å²) >= 11 is 0. The molecule has 3 rings (SSSR count). The van der Waals surface area contributed by atoms with Gasteiger partial charge in [0.15, 0.2) is 0 Å². The highest BCUT2D eigenvalue weighted by Gasteiger charge is 2.51. The van der Waals surface area contributed by atoms with Gasteiger partial charge >= 0.3 is 0 Å². The first-order valence-electron chi connectivity index (χ1n) is 6.43. The summed E-state index contributed by atoms with van der Waals surface area (Å²) in [5.41, 5.74) is 0.536. The molecule has 2 aromatic carbocycles. The molecular formula is C16H13F2NO. The molecule has 0 spiro atoms. The highest BCUT2D eigenvalue weighted by atomic mass is 19.1. The monoisotopic (exact) mass is 273 g/mol. The van der Waals surface area contributed by atoms with Crippen LogP contribution in [-0.2, 0) is 10.2 Å². The Bertz CT molecular complexity index is 631. The summed E-state index contributed by atoms with van der Waals surface area (Å²) in [6, 6.07) is 12.5. The molecule has 0 unspecified atom stereocenters. The highest BCUT2D eigenvalue weighted by Crippen LogP contribution is 2.48. The van der Waals surface area contributed by atoms with Crippen LogP contribution in [0.1, 0.15) is 18.4 Å². The second-order valence-corrected chi connectivity index (χ2v) is 5.06. The molecule has 0 heterocycles. The van der Waals surface area contributed by atoms with E-state index in [4.69, 9.17) is 0 Å². The summed E-state index contributed by atoms with van der Waals surface area (Å²) < 4.78 is 26.2. The largest absolute Gasteiger partial charge is 0.325 e. The first-order valence-corrected chi connectivity index (χ1v) is 6.43. The number of amides is 1. The minimum Gasteiger partial charge on any atom is -0.325 e. The molecule has 0 radical (unpaired) electrons. The van der Waals surface area contributed by atoms with Crippen LogP contribution in [-0.4, -0.2) is 5.91 Å². The van der Waals surface area contributed by atoms with Gasteiger partial charge in [-0.05, 0) is 30.5 Å². The number of carbonyl (C=O) groups excluding carboxylic acids is 1. The predicted octanol–water partition coefficient (Wildman–Crippen LogP) is 3.64. The van der Waals surface area contributed by atoms with Crippen molar-refractivity contribution >= 4 is 11.6 Å². The lowest BCUT2D eigenvalue weighted by atomic mass is 9.95. The molecule has 1 saturated carbocycles. The zero-order chi connectivity index (χ0) is 14.2. The number of anilines is 1. The van der Waals surface area contributed by atoms with E-state index in [9.17, 15) is 13.6 Å². The number of hydrogen-bond donors (Lipinski definition) is 1. The van der Waals surface area contributed by atoms with Crippen LogP contribution < -0.4 is 5.32 Å². The molecule has 4 heteroatoms. The lowest BCUT2D eigenvalue weighted by Gasteiger charge is -2.15. The van der Waals surface area contributed by atoms with E-state index < -0.39 is 17.0 Å². The smallest absolute Gasteiger partial charge is 0.235 e. The molecule has 2 nitrogen and oxygen atoms in total. The number of rotatable bonds is 3. The zero-order valence-electron chi connectivity index (χ0n) is 10.7. The van der Waals surface area contributed by atoms with Gasteiger partial charge in [-0.1, -0.05) is 30.3 Å². The van der Waals surface area contributed by atoms with Gasteiger partial charge in [-0.25, -0.2) is 8.78 Å². The van der Waals surface area contributed by atoms with E-state index >= 15 is 0 Å². The number of halogens is 2. The Morgan fingerprint density at radius 2 is 1.60 bits per heavy atom. The summed E-state index contributed by atoms with van der Waals surface area (Å²) in [6.07, 6.45) is 1.50. The molecule has 1 N–H and O–H groups in total. The summed E-state index contributed by atoms with van der Waals surface area (Å²) in [5, 5.41) is 2.61. The molecular weight excluding hydrogens is 260 g/mol. The van der Waals surface area contributed by atoms with Crippen LogP contribution in [0.15, 0.2) is 48.5 Å². The first-order chi connectivity index (χ1) is 9.60. The fourth-order valence-electron chi connectivity index (χ4n) is 2.41. The summed E-state index contributed by atoms with van der Waals surface area (Å²) in [7, 11) is 0. The van der Waals surface area contributed by atoms with Gasteiger partial charge in [0, 0.05) is 11.8 Å². The Kier molecular flexibility index (Phi) is 3.01. The van der Waals surface area contributed by atoms with Crippen molar-refractivity contribution in [3.63, 3.8) is 0 Å². The normalized spacial score (nSPS) is 15.7. The van der Waals surface area contributed by atoms with Gasteiger partial charge in [0.05, 0.1) is 5.41 Å². The zero-order valence-corrected chi connectivity index (χ0v) is 10.7. The average molecular weight is 273 g/mol. The van der Waals surface area contributed by atoms with Crippen LogP contribution >= 0.6 is 0 Å². The molecule has 102 valence electrons. The Balaban J connectivity index is 1.83. The fraction of sp³-hybridized carbons (Fsp3) is 0.188. The summed E-state index contributed by atoms with van der Waals surface area (Å²) in [6.45, 7) is 0. The van der Waals surface area contributed by atoms with Crippen LogP contribution in [0.3, 0.4) is 0 Å². The summed E-state index contributed by atoms with van der Waals surface area (Å²) in [5.74, 6) is -1.62. The Hall–Kier alpha value is -2.23. The molecule has 0 bridgehead atoms. The number of hydrogen-bond acceptors (Lipinski definition) is 1. The topological polar surface area (TPSA) is 29.1 Å². The Morgan fingerprint density at radius 3 is 2.15 bits per heavy atom. The van der Waals surface area contributed by atoms with Crippen molar-refractivity contribution in [1.82, 2.24) is 0 Å². The lowest BCUT2D eigenvalue weighted by Crippen LogP contribution is -2.27. The minimum atomic E-state index is -0.704. The molecule has 1 aliphatic carbocycles. The van der Waals surface area contributed by atoms with Gasteiger partial charge in [-0.3, -0.25) is 4.79 Å². The molecule has 0 aliphatic heterocycles. The van der Waals surface area contributed by atoms with Crippen molar-refractivity contribution in [2.75, 3.05) is 5.32 Å². The van der Waals surface area contributed by atoms with Crippen molar-refractivity contribution in [3.05, 3.63) is 65.7 Å². The highest BCUT2D eigenvalue weighted by molar-refractivity contribution is 6.01. The third kappa shape index (κ3) is 2.29. The van der Waals surface area contributed by atoms with Crippen LogP contribution in [0.2, 0.25) is 0 Å². The van der Waals surface area contributed by atoms with E-state index in [1.807, 2.05) is 30.3 Å². The van der Waals surface area contributed by atoms with E-state index in [1.165, 1.54) is 0 Å². The first kappa shape index (κ1) is 12.8. The second kappa shape index (κ2) is 4.71. The van der Waals surface area contributed by atoms with Crippen molar-refractivity contribution < 1.29 is 13.6 Å². The van der Waals surface area contributed by atoms with Crippen molar-refractivity contribution in [3.8, 4) is 0 Å². The van der Waals surface area contributed by atoms with E-state index in [0.29, 0.717) is 0 Å². The van der Waals surface area contributed by atoms with Gasteiger partial charge in [0.1, 0.15) is 11.6 Å². The van der Waals surface area contributed by atoms with Gasteiger partial charge in [0.2, 0.25) is 5.91 Å². The van der Waals surface area contributed by atoms with E-state index in [2.05, 4.69) is 5.32 Å². The van der Waals surface area contributed by atoms with Crippen LogP contribution in [0.4, 0.5) is 14.5 Å². The SMILES string of the molecule is O=C(Nc1cc(F)cc(F)c1)C1(c2ccccc2)CC1. The van der Waals surface area contributed by atoms with Crippen LogP contribution in [0, 0.1) is 11.6 Å². The third-order valence-electron chi connectivity index (χ3n) is 3.63. The van der Waals surface area contributed by atoms with Crippen LogP contribution in [0.25, 0.3) is 0 Å². The molecule has 0 aromatic heterocycles. The molecule has 20 heavy (non-hydrogen) atoms. The molecule has 1 fully saturated rings. The average Bonchev–Trinajstić information content (AvgIpc) is 3.20. The summed E-state index contributed by atoms with van der Waals surface area (Å²) in [4.78, 5) is 12.4. The molecule has 1 amide bonds. The van der Waals surface area contributed by atoms with Crippen molar-refractivity contribution in [1.29, 1.82) is 0 Å². The van der Waals surface area contributed by atoms with Gasteiger partial charge in [-0.2, -0.15) is 0 Å². The Morgan fingerprint density at radius 1 is 1.00 bits per heavy atom. The van der Waals surface area contributed by atoms with E-state index in [0.717, 1.165) is 36.6 Å². The number of nitrogens with one attached hydrogen (secondary N) is 1. The van der Waals surface area contributed by atoms with E-state index in [1.54, 1.807) is 0 Å². The van der Waals surface area contributed by atoms with Crippen molar-refractivity contribution in [2.24, 2.45) is 0 Å². The Labute approximate surface area is 115 Å². The number of benzene rings is 2. The maximum absolute atomic E-state index is 13.1. The maximum atomic E-state index is 13.1. The second-order valence-electron chi connectivity index (χ2n) is 5.06. The van der Waals surface area contributed by atoms with Crippen LogP contribution in [0.5, 0.6) is 0 Å². The van der Waals surface area contributed by atoms with Gasteiger partial charge < -0.3 is 5.32 Å². The van der Waals surface area contributed by atoms with Gasteiger partial charge in [0.25, 0.3) is 0 Å². The molecule has 1 aliphatic rings. The molecule has 0 saturated heterocycles. The quantitative estimate of drug-likeness (QED) is 0.909. The minimum absolute atomic E-state index is 0.148. The lowest BCUT2D eigenvalue weighted by molar-refractivity contribution is -0.118. The number of carbonyl (C=O) groups is 1. The third-order valence-corrected chi connectivity index (χ3v) is 3.63. The standard InChI is InChI=1S/C16H13F2NO/c17-12-8-13(18)10-14(9-12)19-15(20)16(6-7-16)11-4-2-1-3-5-11/h1-5,8-10H,6-7H2,(H,19,20). The molecule has 2 aromatic rings. The molecule has 0 atom stereocenters. The van der Waals surface area contributed by atoms with Crippen molar-refractivity contribution in [2.45, 2.75) is 18.3 Å². The van der Waals surface area contributed by atoms with E-state index in [-0.39, 0.29) is 11.6 Å².